The van der Waals surface area contributed by atoms with Gasteiger partial charge in [-0.15, -0.1) is 0 Å². The van der Waals surface area contributed by atoms with Gasteiger partial charge in [-0.2, -0.15) is 8.78 Å². The molecular weight excluding hydrogens is 306 g/mol. The van der Waals surface area contributed by atoms with E-state index in [2.05, 4.69) is 25.0 Å². The number of nitrogens with one attached hydrogen (secondary N) is 2. The van der Waals surface area contributed by atoms with Crippen molar-refractivity contribution >= 4 is 16.9 Å². The molecule has 0 amide bonds. The van der Waals surface area contributed by atoms with E-state index >= 15 is 0 Å². The van der Waals surface area contributed by atoms with Gasteiger partial charge >= 0.3 is 6.61 Å². The number of hydrogen-bond donors (Lipinski definition) is 2. The molecule has 2 N–H and O–H groups in total. The molecule has 8 heteroatoms. The lowest BCUT2D eigenvalue weighted by Crippen LogP contribution is -2.13. The number of alkyl halides is 2. The molecule has 2 aromatic heterocycles. The smallest absolute Gasteiger partial charge is 0.387 e. The molecule has 0 bridgehead atoms. The van der Waals surface area contributed by atoms with Crippen molar-refractivity contribution in [3.05, 3.63) is 58.6 Å². The summed E-state index contributed by atoms with van der Waals surface area (Å²) >= 11 is 0. The fraction of sp³-hybridized carbons (Fsp3) is 0.133. The van der Waals surface area contributed by atoms with Crippen LogP contribution in [0.15, 0.2) is 47.4 Å². The molecule has 0 saturated heterocycles. The summed E-state index contributed by atoms with van der Waals surface area (Å²) in [5, 5.41) is 3.44. The standard InChI is InChI=1S/C15H12F2N4O2/c16-14(17)23-10-6-5-9(18-8-10)7-19-15-20-12-4-2-1-3-11(12)13(22)21-15/h1-6,8,14H,7H2,(H2,19,20,21,22). The zero-order valence-corrected chi connectivity index (χ0v) is 11.8. The summed E-state index contributed by atoms with van der Waals surface area (Å²) in [6, 6.07) is 9.93. The molecule has 118 valence electrons. The molecule has 3 rings (SSSR count). The Kier molecular flexibility index (Phi) is 4.13. The zero-order chi connectivity index (χ0) is 16.2. The highest BCUT2D eigenvalue weighted by molar-refractivity contribution is 5.78. The van der Waals surface area contributed by atoms with E-state index in [-0.39, 0.29) is 17.9 Å². The topological polar surface area (TPSA) is 79.9 Å². The average molecular weight is 318 g/mol. The summed E-state index contributed by atoms with van der Waals surface area (Å²) in [7, 11) is 0. The molecule has 1 aromatic carbocycles. The number of para-hydroxylation sites is 1. The third-order valence-electron chi connectivity index (χ3n) is 3.07. The second kappa shape index (κ2) is 6.39. The molecule has 0 saturated carbocycles. The third-order valence-corrected chi connectivity index (χ3v) is 3.07. The number of aromatic nitrogens is 3. The van der Waals surface area contributed by atoms with Crippen LogP contribution in [0.1, 0.15) is 5.69 Å². The van der Waals surface area contributed by atoms with E-state index in [4.69, 9.17) is 0 Å². The Labute approximate surface area is 129 Å². The van der Waals surface area contributed by atoms with Crippen molar-refractivity contribution in [2.75, 3.05) is 5.32 Å². The fourth-order valence-electron chi connectivity index (χ4n) is 2.03. The van der Waals surface area contributed by atoms with Gasteiger partial charge in [0.2, 0.25) is 5.95 Å². The van der Waals surface area contributed by atoms with Gasteiger partial charge in [0.05, 0.1) is 29.3 Å². The predicted molar refractivity (Wildman–Crippen MR) is 80.6 cm³/mol. The number of pyridine rings is 1. The fourth-order valence-corrected chi connectivity index (χ4v) is 2.03. The summed E-state index contributed by atoms with van der Waals surface area (Å²) in [5.74, 6) is 0.296. The lowest BCUT2D eigenvalue weighted by Gasteiger charge is -2.07. The number of anilines is 1. The molecule has 6 nitrogen and oxygen atoms in total. The van der Waals surface area contributed by atoms with Crippen LogP contribution in [-0.4, -0.2) is 21.6 Å². The molecule has 0 atom stereocenters. The average Bonchev–Trinajstić information content (AvgIpc) is 2.54. The van der Waals surface area contributed by atoms with E-state index in [1.54, 1.807) is 30.3 Å². The molecule has 0 unspecified atom stereocenters. The second-order valence-corrected chi connectivity index (χ2v) is 4.65. The normalized spacial score (nSPS) is 10.9. The first-order valence-corrected chi connectivity index (χ1v) is 6.74. The summed E-state index contributed by atoms with van der Waals surface area (Å²) in [6.45, 7) is -2.61. The van der Waals surface area contributed by atoms with Gasteiger partial charge in [0.25, 0.3) is 5.56 Å². The van der Waals surface area contributed by atoms with E-state index < -0.39 is 6.61 Å². The molecule has 0 spiro atoms. The number of benzene rings is 1. The van der Waals surface area contributed by atoms with Crippen molar-refractivity contribution < 1.29 is 13.5 Å². The monoisotopic (exact) mass is 318 g/mol. The quantitative estimate of drug-likeness (QED) is 0.755. The number of hydrogen-bond acceptors (Lipinski definition) is 5. The Morgan fingerprint density at radius 3 is 2.78 bits per heavy atom. The molecule has 23 heavy (non-hydrogen) atoms. The van der Waals surface area contributed by atoms with E-state index in [1.165, 1.54) is 12.3 Å². The van der Waals surface area contributed by atoms with Gasteiger partial charge in [0, 0.05) is 0 Å². The Hall–Kier alpha value is -3.03. The van der Waals surface area contributed by atoms with Crippen LogP contribution in [0, 0.1) is 0 Å². The lowest BCUT2D eigenvalue weighted by atomic mass is 10.2. The number of halogens is 2. The van der Waals surface area contributed by atoms with Crippen molar-refractivity contribution in [3.63, 3.8) is 0 Å². The minimum atomic E-state index is -2.88. The number of aromatic amines is 1. The van der Waals surface area contributed by atoms with Crippen molar-refractivity contribution in [2.45, 2.75) is 13.2 Å². The van der Waals surface area contributed by atoms with Gasteiger partial charge in [-0.05, 0) is 24.3 Å². The first-order chi connectivity index (χ1) is 11.1. The van der Waals surface area contributed by atoms with Crippen LogP contribution in [0.2, 0.25) is 0 Å². The van der Waals surface area contributed by atoms with Gasteiger partial charge in [0.1, 0.15) is 5.75 Å². The van der Waals surface area contributed by atoms with Gasteiger partial charge < -0.3 is 10.1 Å². The minimum Gasteiger partial charge on any atom is -0.433 e. The lowest BCUT2D eigenvalue weighted by molar-refractivity contribution is -0.0500. The Morgan fingerprint density at radius 1 is 1.22 bits per heavy atom. The summed E-state index contributed by atoms with van der Waals surface area (Å²) < 4.78 is 28.3. The number of fused-ring (bicyclic) bond motifs is 1. The van der Waals surface area contributed by atoms with Crippen LogP contribution in [0.25, 0.3) is 10.9 Å². The van der Waals surface area contributed by atoms with Gasteiger partial charge in [-0.25, -0.2) is 4.98 Å². The van der Waals surface area contributed by atoms with E-state index in [0.29, 0.717) is 22.5 Å². The van der Waals surface area contributed by atoms with Crippen LogP contribution in [0.4, 0.5) is 14.7 Å². The van der Waals surface area contributed by atoms with Crippen molar-refractivity contribution in [1.29, 1.82) is 0 Å². The maximum absolute atomic E-state index is 12.1. The second-order valence-electron chi connectivity index (χ2n) is 4.65. The van der Waals surface area contributed by atoms with Crippen LogP contribution in [-0.2, 0) is 6.54 Å². The largest absolute Gasteiger partial charge is 0.433 e. The zero-order valence-electron chi connectivity index (χ0n) is 11.8. The highest BCUT2D eigenvalue weighted by Crippen LogP contribution is 2.13. The van der Waals surface area contributed by atoms with Crippen LogP contribution in [0.3, 0.4) is 0 Å². The molecule has 0 aliphatic carbocycles. The molecule has 0 radical (unpaired) electrons. The van der Waals surface area contributed by atoms with Crippen LogP contribution in [0.5, 0.6) is 5.75 Å². The molecule has 0 aliphatic heterocycles. The van der Waals surface area contributed by atoms with Gasteiger partial charge in [-0.1, -0.05) is 12.1 Å². The van der Waals surface area contributed by atoms with Crippen LogP contribution < -0.4 is 15.6 Å². The molecular formula is C15H12F2N4O2. The predicted octanol–water partition coefficient (Wildman–Crippen LogP) is 2.53. The summed E-state index contributed by atoms with van der Waals surface area (Å²) in [6.07, 6.45) is 1.21. The molecule has 0 fully saturated rings. The Bertz CT molecular complexity index is 865. The molecule has 3 aromatic rings. The number of nitrogens with zero attached hydrogens (tertiary/aromatic N) is 2. The van der Waals surface area contributed by atoms with Gasteiger partial charge in [0.15, 0.2) is 0 Å². The first-order valence-electron chi connectivity index (χ1n) is 6.74. The minimum absolute atomic E-state index is 0.0130. The molecule has 0 aliphatic rings. The Balaban J connectivity index is 1.72. The van der Waals surface area contributed by atoms with Crippen molar-refractivity contribution in [2.24, 2.45) is 0 Å². The highest BCUT2D eigenvalue weighted by Gasteiger charge is 2.06. The maximum atomic E-state index is 12.1. The number of ether oxygens (including phenoxy) is 1. The highest BCUT2D eigenvalue weighted by atomic mass is 19.3. The molecule has 2 heterocycles. The van der Waals surface area contributed by atoms with Crippen molar-refractivity contribution in [3.8, 4) is 5.75 Å². The van der Waals surface area contributed by atoms with Crippen LogP contribution >= 0.6 is 0 Å². The maximum Gasteiger partial charge on any atom is 0.387 e. The van der Waals surface area contributed by atoms with Gasteiger partial charge in [-0.3, -0.25) is 14.8 Å². The number of rotatable bonds is 5. The third kappa shape index (κ3) is 3.60. The summed E-state index contributed by atoms with van der Waals surface area (Å²) in [4.78, 5) is 22.8. The number of H-pyrrole nitrogens is 1. The first kappa shape index (κ1) is 14.9. The Morgan fingerprint density at radius 2 is 2.04 bits per heavy atom. The van der Waals surface area contributed by atoms with Crippen molar-refractivity contribution in [1.82, 2.24) is 15.0 Å². The summed E-state index contributed by atoms with van der Waals surface area (Å²) in [5.41, 5.74) is 0.918. The van der Waals surface area contributed by atoms with E-state index in [1.807, 2.05) is 0 Å². The SMILES string of the molecule is O=c1[nH]c(NCc2ccc(OC(F)F)cn2)nc2ccccc12. The van der Waals surface area contributed by atoms with E-state index in [0.717, 1.165) is 0 Å². The van der Waals surface area contributed by atoms with E-state index in [9.17, 15) is 13.6 Å².